The molecule has 0 saturated carbocycles. The monoisotopic (exact) mass is 474 g/mol. The molecule has 1 saturated heterocycles. The molecule has 0 aliphatic carbocycles. The molecule has 1 heterocycles. The molecule has 35 heavy (non-hydrogen) atoms. The van der Waals surface area contributed by atoms with Crippen LogP contribution in [0.4, 0.5) is 0 Å². The Labute approximate surface area is 207 Å². The highest BCUT2D eigenvalue weighted by atomic mass is 16.5. The molecule has 0 aromatic heterocycles. The SMILES string of the molecule is C[C@H](N)Oc1cccc([C@@](O)(C(=O)OCC2CCN(Cc3ccccc3)CC2)c2ccccc2)c1. The minimum absolute atomic E-state index is 0.263. The summed E-state index contributed by atoms with van der Waals surface area (Å²) in [5, 5.41) is 11.7. The lowest BCUT2D eigenvalue weighted by Gasteiger charge is -2.33. The fourth-order valence-electron chi connectivity index (χ4n) is 4.54. The number of likely N-dealkylation sites (tertiary alicyclic amines) is 1. The number of nitrogens with zero attached hydrogens (tertiary/aromatic N) is 1. The number of carbonyl (C=O) groups is 1. The molecule has 6 heteroatoms. The Kier molecular flexibility index (Phi) is 8.18. The van der Waals surface area contributed by atoms with Gasteiger partial charge in [-0.25, -0.2) is 4.79 Å². The Hall–Kier alpha value is -3.19. The molecule has 1 fully saturated rings. The maximum Gasteiger partial charge on any atom is 0.347 e. The van der Waals surface area contributed by atoms with E-state index in [1.54, 1.807) is 55.5 Å². The third-order valence-corrected chi connectivity index (χ3v) is 6.47. The zero-order chi connectivity index (χ0) is 24.7. The van der Waals surface area contributed by atoms with Crippen LogP contribution in [0.25, 0.3) is 0 Å². The number of esters is 1. The van der Waals surface area contributed by atoms with E-state index in [1.807, 2.05) is 12.1 Å². The van der Waals surface area contributed by atoms with Crippen LogP contribution in [0, 0.1) is 5.92 Å². The maximum atomic E-state index is 13.4. The van der Waals surface area contributed by atoms with E-state index in [0.29, 0.717) is 16.9 Å². The van der Waals surface area contributed by atoms with Crippen molar-refractivity contribution in [2.45, 2.75) is 38.1 Å². The van der Waals surface area contributed by atoms with Crippen molar-refractivity contribution in [3.8, 4) is 5.75 Å². The minimum atomic E-state index is -1.95. The van der Waals surface area contributed by atoms with Gasteiger partial charge >= 0.3 is 5.97 Å². The molecule has 0 radical (unpaired) electrons. The lowest BCUT2D eigenvalue weighted by atomic mass is 9.86. The van der Waals surface area contributed by atoms with Crippen molar-refractivity contribution in [3.63, 3.8) is 0 Å². The summed E-state index contributed by atoms with van der Waals surface area (Å²) in [6.07, 6.45) is 1.37. The highest BCUT2D eigenvalue weighted by Gasteiger charge is 2.42. The molecule has 0 bridgehead atoms. The normalized spacial score (nSPS) is 17.3. The van der Waals surface area contributed by atoms with Crippen LogP contribution in [0.1, 0.15) is 36.5 Å². The number of piperidine rings is 1. The first-order chi connectivity index (χ1) is 16.9. The quantitative estimate of drug-likeness (QED) is 0.359. The average molecular weight is 475 g/mol. The molecular formula is C29H34N2O4. The van der Waals surface area contributed by atoms with Gasteiger partial charge in [0, 0.05) is 12.1 Å². The number of nitrogens with two attached hydrogens (primary N) is 1. The molecule has 1 aliphatic heterocycles. The van der Waals surface area contributed by atoms with Crippen molar-refractivity contribution in [1.82, 2.24) is 4.90 Å². The number of benzene rings is 3. The molecule has 1 aliphatic rings. The fourth-order valence-corrected chi connectivity index (χ4v) is 4.54. The van der Waals surface area contributed by atoms with Crippen molar-refractivity contribution in [3.05, 3.63) is 102 Å². The van der Waals surface area contributed by atoms with E-state index in [-0.39, 0.29) is 12.5 Å². The van der Waals surface area contributed by atoms with Crippen molar-refractivity contribution in [2.24, 2.45) is 11.7 Å². The van der Waals surface area contributed by atoms with Crippen LogP contribution < -0.4 is 10.5 Å². The smallest absolute Gasteiger partial charge is 0.347 e. The van der Waals surface area contributed by atoms with Crippen LogP contribution in [0.2, 0.25) is 0 Å². The van der Waals surface area contributed by atoms with Crippen molar-refractivity contribution in [2.75, 3.05) is 19.7 Å². The highest BCUT2D eigenvalue weighted by Crippen LogP contribution is 2.33. The van der Waals surface area contributed by atoms with Crippen LogP contribution in [-0.2, 0) is 21.7 Å². The third-order valence-electron chi connectivity index (χ3n) is 6.47. The summed E-state index contributed by atoms with van der Waals surface area (Å²) in [5.74, 6) is 0.0533. The van der Waals surface area contributed by atoms with Crippen molar-refractivity contribution in [1.29, 1.82) is 0 Å². The summed E-state index contributed by atoms with van der Waals surface area (Å²) in [4.78, 5) is 15.8. The molecule has 3 aromatic carbocycles. The van der Waals surface area contributed by atoms with Crippen molar-refractivity contribution >= 4 is 5.97 Å². The number of ether oxygens (including phenoxy) is 2. The van der Waals surface area contributed by atoms with Gasteiger partial charge < -0.3 is 14.6 Å². The van der Waals surface area contributed by atoms with E-state index >= 15 is 0 Å². The fraction of sp³-hybridized carbons (Fsp3) is 0.345. The molecule has 6 nitrogen and oxygen atoms in total. The topological polar surface area (TPSA) is 85.0 Å². The molecule has 0 unspecified atom stereocenters. The number of rotatable bonds is 9. The molecule has 3 N–H and O–H groups in total. The lowest BCUT2D eigenvalue weighted by molar-refractivity contribution is -0.164. The zero-order valence-electron chi connectivity index (χ0n) is 20.2. The molecule has 2 atom stereocenters. The standard InChI is InChI=1S/C29H34N2O4/c1-22(30)35-27-14-8-13-26(19-27)29(33,25-11-6-3-7-12-25)28(32)34-21-24-15-17-31(18-16-24)20-23-9-4-2-5-10-23/h2-14,19,22,24,33H,15-18,20-21,30H2,1H3/t22-,29-/m1/s1. The van der Waals surface area contributed by atoms with Crippen molar-refractivity contribution < 1.29 is 19.4 Å². The van der Waals surface area contributed by atoms with Gasteiger partial charge in [0.15, 0.2) is 0 Å². The van der Waals surface area contributed by atoms with E-state index in [1.165, 1.54) is 5.56 Å². The molecule has 3 aromatic rings. The summed E-state index contributed by atoms with van der Waals surface area (Å²) in [7, 11) is 0. The van der Waals surface area contributed by atoms with Gasteiger partial charge in [0.25, 0.3) is 0 Å². The Morgan fingerprint density at radius 2 is 1.63 bits per heavy atom. The van der Waals surface area contributed by atoms with Gasteiger partial charge in [-0.1, -0.05) is 72.8 Å². The predicted molar refractivity (Wildman–Crippen MR) is 136 cm³/mol. The Morgan fingerprint density at radius 1 is 1.00 bits per heavy atom. The first-order valence-electron chi connectivity index (χ1n) is 12.2. The molecular weight excluding hydrogens is 440 g/mol. The molecule has 184 valence electrons. The van der Waals surface area contributed by atoms with Gasteiger partial charge in [-0.05, 0) is 62.0 Å². The molecule has 0 spiro atoms. The summed E-state index contributed by atoms with van der Waals surface area (Å²) >= 11 is 0. The summed E-state index contributed by atoms with van der Waals surface area (Å²) in [6, 6.07) is 26.1. The second kappa shape index (κ2) is 11.5. The largest absolute Gasteiger partial charge is 0.476 e. The van der Waals surface area contributed by atoms with Gasteiger partial charge in [-0.3, -0.25) is 10.6 Å². The first kappa shape index (κ1) is 24.9. The zero-order valence-corrected chi connectivity index (χ0v) is 20.2. The van der Waals surface area contributed by atoms with Gasteiger partial charge in [-0.15, -0.1) is 0 Å². The van der Waals surface area contributed by atoms with E-state index in [2.05, 4.69) is 29.2 Å². The average Bonchev–Trinajstić information content (AvgIpc) is 2.88. The number of hydrogen-bond acceptors (Lipinski definition) is 6. The van der Waals surface area contributed by atoms with Crippen LogP contribution in [-0.4, -0.2) is 41.9 Å². The van der Waals surface area contributed by atoms with Crippen LogP contribution in [0.15, 0.2) is 84.9 Å². The number of aliphatic hydroxyl groups is 1. The van der Waals surface area contributed by atoms with E-state index in [0.717, 1.165) is 32.5 Å². The van der Waals surface area contributed by atoms with E-state index in [9.17, 15) is 9.90 Å². The Morgan fingerprint density at radius 3 is 2.29 bits per heavy atom. The third kappa shape index (κ3) is 6.28. The maximum absolute atomic E-state index is 13.4. The second-order valence-electron chi connectivity index (χ2n) is 9.23. The van der Waals surface area contributed by atoms with Gasteiger partial charge in [0.1, 0.15) is 12.0 Å². The summed E-state index contributed by atoms with van der Waals surface area (Å²) in [6.45, 7) is 4.84. The highest BCUT2D eigenvalue weighted by molar-refractivity contribution is 5.85. The lowest BCUT2D eigenvalue weighted by Crippen LogP contribution is -2.40. The molecule has 4 rings (SSSR count). The first-order valence-corrected chi connectivity index (χ1v) is 12.2. The van der Waals surface area contributed by atoms with Crippen LogP contribution in [0.3, 0.4) is 0 Å². The number of carbonyl (C=O) groups excluding carboxylic acids is 1. The van der Waals surface area contributed by atoms with E-state index in [4.69, 9.17) is 15.2 Å². The Bertz CT molecular complexity index is 1080. The summed E-state index contributed by atoms with van der Waals surface area (Å²) in [5.41, 5.74) is 5.94. The minimum Gasteiger partial charge on any atom is -0.476 e. The van der Waals surface area contributed by atoms with Crippen LogP contribution in [0.5, 0.6) is 5.75 Å². The number of hydrogen-bond donors (Lipinski definition) is 2. The van der Waals surface area contributed by atoms with Crippen LogP contribution >= 0.6 is 0 Å². The summed E-state index contributed by atoms with van der Waals surface area (Å²) < 4.78 is 11.3. The second-order valence-corrected chi connectivity index (χ2v) is 9.23. The van der Waals surface area contributed by atoms with Gasteiger partial charge in [0.05, 0.1) is 6.61 Å². The van der Waals surface area contributed by atoms with Gasteiger partial charge in [-0.2, -0.15) is 0 Å². The van der Waals surface area contributed by atoms with E-state index < -0.39 is 17.8 Å². The van der Waals surface area contributed by atoms with Gasteiger partial charge in [0.2, 0.25) is 5.60 Å². The Balaban J connectivity index is 1.42. The molecule has 0 amide bonds. The predicted octanol–water partition coefficient (Wildman–Crippen LogP) is 4.06.